The molecular formula is C23H40N4O4S2. The molecule has 1 aromatic heterocycles. The smallest absolute Gasteiger partial charge is 0.305 e. The Bertz CT molecular complexity index is 637. The standard InChI is InChI=1S/C23H40N4O4S2/c1-20(28)18-27(19-21(2)29)9-5-7-23(30)31-16-14-25-10-12-26(13-11-25)15-17-32-33-22-6-3-4-8-24-22/h3-4,6,8,20-21,28-29H,5,7,9-19H2,1-2H3. The summed E-state index contributed by atoms with van der Waals surface area (Å²) in [5.41, 5.74) is 0. The second kappa shape index (κ2) is 16.7. The number of ether oxygens (including phenoxy) is 1. The highest BCUT2D eigenvalue weighted by Crippen LogP contribution is 2.28. The highest BCUT2D eigenvalue weighted by molar-refractivity contribution is 8.76. The maximum atomic E-state index is 12.0. The third-order valence-electron chi connectivity index (χ3n) is 5.31. The maximum Gasteiger partial charge on any atom is 0.305 e. The molecule has 0 aliphatic carbocycles. The molecule has 1 aliphatic heterocycles. The van der Waals surface area contributed by atoms with Gasteiger partial charge in [0.1, 0.15) is 11.6 Å². The zero-order valence-corrected chi connectivity index (χ0v) is 21.6. The summed E-state index contributed by atoms with van der Waals surface area (Å²) < 4.78 is 5.41. The molecule has 1 aromatic rings. The first-order valence-corrected chi connectivity index (χ1v) is 14.1. The minimum Gasteiger partial charge on any atom is -0.464 e. The van der Waals surface area contributed by atoms with Crippen LogP contribution in [0, 0.1) is 0 Å². The number of piperazine rings is 1. The number of pyridine rings is 1. The number of hydrogen-bond donors (Lipinski definition) is 2. The molecule has 1 saturated heterocycles. The van der Waals surface area contributed by atoms with Crippen LogP contribution in [0.2, 0.25) is 0 Å². The Kier molecular flexibility index (Phi) is 14.3. The molecule has 188 valence electrons. The predicted molar refractivity (Wildman–Crippen MR) is 135 cm³/mol. The lowest BCUT2D eigenvalue weighted by molar-refractivity contribution is -0.144. The minimum absolute atomic E-state index is 0.176. The maximum absolute atomic E-state index is 12.0. The quantitative estimate of drug-likeness (QED) is 0.199. The molecule has 2 N–H and O–H groups in total. The van der Waals surface area contributed by atoms with Gasteiger partial charge in [0.15, 0.2) is 0 Å². The van der Waals surface area contributed by atoms with E-state index < -0.39 is 12.2 Å². The number of esters is 1. The average molecular weight is 501 g/mol. The molecule has 0 amide bonds. The van der Waals surface area contributed by atoms with E-state index in [2.05, 4.69) is 14.8 Å². The van der Waals surface area contributed by atoms with E-state index in [1.54, 1.807) is 24.6 Å². The summed E-state index contributed by atoms with van der Waals surface area (Å²) in [6.45, 7) is 11.5. The van der Waals surface area contributed by atoms with Crippen LogP contribution in [-0.4, -0.2) is 119 Å². The Labute approximate surface area is 206 Å². The molecule has 0 bridgehead atoms. The summed E-state index contributed by atoms with van der Waals surface area (Å²) >= 11 is 0. The van der Waals surface area contributed by atoms with Gasteiger partial charge in [-0.1, -0.05) is 16.9 Å². The Morgan fingerprint density at radius 3 is 2.39 bits per heavy atom. The van der Waals surface area contributed by atoms with Crippen molar-refractivity contribution in [2.75, 3.05) is 71.3 Å². The fraction of sp³-hybridized carbons (Fsp3) is 0.739. The van der Waals surface area contributed by atoms with Crippen LogP contribution in [0.15, 0.2) is 29.4 Å². The first-order valence-electron chi connectivity index (χ1n) is 11.8. The summed E-state index contributed by atoms with van der Waals surface area (Å²) in [4.78, 5) is 23.2. The van der Waals surface area contributed by atoms with Crippen LogP contribution in [0.5, 0.6) is 0 Å². The monoisotopic (exact) mass is 500 g/mol. The topological polar surface area (TPSA) is 89.4 Å². The number of nitrogens with zero attached hydrogens (tertiary/aromatic N) is 4. The van der Waals surface area contributed by atoms with Crippen LogP contribution in [0.1, 0.15) is 26.7 Å². The molecule has 0 aromatic carbocycles. The zero-order valence-electron chi connectivity index (χ0n) is 20.0. The second-order valence-corrected chi connectivity index (χ2v) is 11.0. The van der Waals surface area contributed by atoms with E-state index in [9.17, 15) is 15.0 Å². The van der Waals surface area contributed by atoms with E-state index >= 15 is 0 Å². The molecule has 0 saturated carbocycles. The summed E-state index contributed by atoms with van der Waals surface area (Å²) in [6.07, 6.45) is 1.93. The summed E-state index contributed by atoms with van der Waals surface area (Å²) in [7, 11) is 3.58. The van der Waals surface area contributed by atoms with E-state index in [4.69, 9.17) is 4.74 Å². The third kappa shape index (κ3) is 13.6. The lowest BCUT2D eigenvalue weighted by atomic mass is 10.2. The number of carbonyl (C=O) groups excluding carboxylic acids is 1. The van der Waals surface area contributed by atoms with E-state index in [0.29, 0.717) is 39.1 Å². The molecule has 1 fully saturated rings. The molecule has 33 heavy (non-hydrogen) atoms. The average Bonchev–Trinajstić information content (AvgIpc) is 2.77. The van der Waals surface area contributed by atoms with Crippen LogP contribution in [0.3, 0.4) is 0 Å². The van der Waals surface area contributed by atoms with Gasteiger partial charge in [0.2, 0.25) is 0 Å². The zero-order chi connectivity index (χ0) is 23.9. The van der Waals surface area contributed by atoms with Crippen molar-refractivity contribution in [3.05, 3.63) is 24.4 Å². The highest BCUT2D eigenvalue weighted by Gasteiger charge is 2.17. The number of aliphatic hydroxyl groups excluding tert-OH is 2. The molecule has 1 aliphatic rings. The van der Waals surface area contributed by atoms with Crippen molar-refractivity contribution >= 4 is 27.6 Å². The van der Waals surface area contributed by atoms with Gasteiger partial charge in [-0.2, -0.15) is 0 Å². The van der Waals surface area contributed by atoms with E-state index in [1.165, 1.54) is 0 Å². The van der Waals surface area contributed by atoms with Crippen LogP contribution in [-0.2, 0) is 9.53 Å². The van der Waals surface area contributed by atoms with Gasteiger partial charge >= 0.3 is 5.97 Å². The van der Waals surface area contributed by atoms with Crippen molar-refractivity contribution in [2.24, 2.45) is 0 Å². The lowest BCUT2D eigenvalue weighted by Gasteiger charge is -2.34. The molecule has 0 spiro atoms. The van der Waals surface area contributed by atoms with Crippen LogP contribution < -0.4 is 0 Å². The minimum atomic E-state index is -0.458. The first-order chi connectivity index (χ1) is 15.9. The Morgan fingerprint density at radius 2 is 1.79 bits per heavy atom. The van der Waals surface area contributed by atoms with Crippen molar-refractivity contribution in [3.8, 4) is 0 Å². The summed E-state index contributed by atoms with van der Waals surface area (Å²) in [5, 5.41) is 20.2. The largest absolute Gasteiger partial charge is 0.464 e. The van der Waals surface area contributed by atoms with E-state index in [1.807, 2.05) is 40.1 Å². The number of rotatable bonds is 16. The first kappa shape index (κ1) is 28.4. The number of carbonyl (C=O) groups is 1. The van der Waals surface area contributed by atoms with Gasteiger partial charge in [-0.15, -0.1) is 0 Å². The Morgan fingerprint density at radius 1 is 1.12 bits per heavy atom. The number of aromatic nitrogens is 1. The van der Waals surface area contributed by atoms with Crippen molar-refractivity contribution in [1.29, 1.82) is 0 Å². The van der Waals surface area contributed by atoms with Crippen molar-refractivity contribution in [2.45, 2.75) is 43.9 Å². The SMILES string of the molecule is CC(O)CN(CCCC(=O)OCCN1CCN(CCSSc2ccccn2)CC1)CC(C)O. The molecule has 10 heteroatoms. The van der Waals surface area contributed by atoms with Gasteiger partial charge < -0.3 is 14.9 Å². The van der Waals surface area contributed by atoms with Gasteiger partial charge in [-0.25, -0.2) is 4.98 Å². The number of hydrogen-bond acceptors (Lipinski definition) is 10. The lowest BCUT2D eigenvalue weighted by Crippen LogP contribution is -2.47. The number of aliphatic hydroxyl groups is 2. The predicted octanol–water partition coefficient (Wildman–Crippen LogP) is 1.83. The Balaban J connectivity index is 1.48. The van der Waals surface area contributed by atoms with Gasteiger partial charge in [0.25, 0.3) is 0 Å². The van der Waals surface area contributed by atoms with Crippen LogP contribution in [0.4, 0.5) is 0 Å². The van der Waals surface area contributed by atoms with E-state index in [-0.39, 0.29) is 5.97 Å². The Hall–Kier alpha value is -0.880. The van der Waals surface area contributed by atoms with Crippen LogP contribution in [0.25, 0.3) is 0 Å². The molecule has 2 rings (SSSR count). The van der Waals surface area contributed by atoms with E-state index in [0.717, 1.165) is 50.0 Å². The second-order valence-electron chi connectivity index (χ2n) is 8.54. The molecule has 0 radical (unpaired) electrons. The fourth-order valence-corrected chi connectivity index (χ4v) is 5.62. The normalized spacial score (nSPS) is 17.2. The fourth-order valence-electron chi connectivity index (χ4n) is 3.71. The molecule has 8 nitrogen and oxygen atoms in total. The molecule has 2 unspecified atom stereocenters. The van der Waals surface area contributed by atoms with Crippen molar-refractivity contribution in [3.63, 3.8) is 0 Å². The van der Waals surface area contributed by atoms with Crippen LogP contribution >= 0.6 is 21.6 Å². The highest BCUT2D eigenvalue weighted by atomic mass is 33.1. The van der Waals surface area contributed by atoms with Gasteiger partial charge in [0, 0.05) is 70.7 Å². The summed E-state index contributed by atoms with van der Waals surface area (Å²) in [5.74, 6) is 0.898. The summed E-state index contributed by atoms with van der Waals surface area (Å²) in [6, 6.07) is 5.98. The van der Waals surface area contributed by atoms with Gasteiger partial charge in [-0.3, -0.25) is 19.5 Å². The molecular weight excluding hydrogens is 460 g/mol. The molecule has 2 atom stereocenters. The van der Waals surface area contributed by atoms with Gasteiger partial charge in [0.05, 0.1) is 12.2 Å². The van der Waals surface area contributed by atoms with Crippen molar-refractivity contribution in [1.82, 2.24) is 19.7 Å². The molecule has 2 heterocycles. The van der Waals surface area contributed by atoms with Gasteiger partial charge in [-0.05, 0) is 49.7 Å². The van der Waals surface area contributed by atoms with Crippen molar-refractivity contribution < 1.29 is 19.7 Å². The third-order valence-corrected chi connectivity index (χ3v) is 7.55.